The van der Waals surface area contributed by atoms with Crippen LogP contribution in [0.2, 0.25) is 0 Å². The van der Waals surface area contributed by atoms with Crippen LogP contribution in [0.1, 0.15) is 12.5 Å². The third-order valence-corrected chi connectivity index (χ3v) is 4.26. The maximum Gasteiger partial charge on any atom is 0.263 e. The molecule has 0 saturated carbocycles. The van der Waals surface area contributed by atoms with E-state index in [4.69, 9.17) is 21.7 Å². The third-order valence-electron chi connectivity index (χ3n) is 2.91. The van der Waals surface area contributed by atoms with E-state index < -0.39 is 0 Å². The summed E-state index contributed by atoms with van der Waals surface area (Å²) in [6.45, 7) is 1.88. The number of carbonyl (C=O) groups is 1. The Bertz CT molecular complexity index is 650. The summed E-state index contributed by atoms with van der Waals surface area (Å²) in [5, 5.41) is 2.61. The predicted octanol–water partition coefficient (Wildman–Crippen LogP) is 3.14. The van der Waals surface area contributed by atoms with Crippen LogP contribution in [0.25, 0.3) is 6.08 Å². The van der Waals surface area contributed by atoms with Crippen molar-refractivity contribution in [1.29, 1.82) is 0 Å². The molecule has 21 heavy (non-hydrogen) atoms. The lowest BCUT2D eigenvalue weighted by Gasteiger charge is -2.07. The standard InChI is InChI=1S/C15H15NO3S2/c1-9(13-14(17)16-15(20)21-13)4-5-10-6-7-11(18-2)12(8-10)19-3/h4-8H,1-3H3,(H,16,17,20)/b5-4+,13-9?. The number of allylic oxidation sites excluding steroid dienone is 2. The Morgan fingerprint density at radius 3 is 2.57 bits per heavy atom. The Kier molecular flexibility index (Phi) is 5.03. The van der Waals surface area contributed by atoms with E-state index in [2.05, 4.69) is 5.32 Å². The number of methoxy groups -OCH3 is 2. The number of thiocarbonyl (C=S) groups is 1. The second-order valence-corrected chi connectivity index (χ2v) is 5.99. The minimum Gasteiger partial charge on any atom is -0.493 e. The Morgan fingerprint density at radius 1 is 1.29 bits per heavy atom. The SMILES string of the molecule is COc1ccc(/C=C/C(C)=C2SC(=S)NC2=O)cc1OC. The van der Waals surface area contributed by atoms with Crippen molar-refractivity contribution in [2.75, 3.05) is 14.2 Å². The van der Waals surface area contributed by atoms with Crippen molar-refractivity contribution >= 4 is 40.3 Å². The summed E-state index contributed by atoms with van der Waals surface area (Å²) in [5.74, 6) is 1.21. The van der Waals surface area contributed by atoms with E-state index in [0.717, 1.165) is 11.1 Å². The van der Waals surface area contributed by atoms with Crippen LogP contribution in [-0.2, 0) is 4.79 Å². The molecule has 0 radical (unpaired) electrons. The van der Waals surface area contributed by atoms with Crippen LogP contribution >= 0.6 is 24.0 Å². The molecule has 1 aromatic rings. The first-order valence-electron chi connectivity index (χ1n) is 6.19. The van der Waals surface area contributed by atoms with Crippen LogP contribution in [0.3, 0.4) is 0 Å². The number of ether oxygens (including phenoxy) is 2. The summed E-state index contributed by atoms with van der Waals surface area (Å²) in [4.78, 5) is 12.3. The first-order valence-corrected chi connectivity index (χ1v) is 7.41. The van der Waals surface area contributed by atoms with Gasteiger partial charge in [-0.1, -0.05) is 42.2 Å². The Balaban J connectivity index is 2.23. The van der Waals surface area contributed by atoms with Gasteiger partial charge in [0.1, 0.15) is 4.32 Å². The summed E-state index contributed by atoms with van der Waals surface area (Å²) in [7, 11) is 3.19. The molecule has 1 heterocycles. The molecule has 110 valence electrons. The quantitative estimate of drug-likeness (QED) is 0.682. The van der Waals surface area contributed by atoms with Crippen LogP contribution in [0.5, 0.6) is 11.5 Å². The summed E-state index contributed by atoms with van der Waals surface area (Å²) in [6.07, 6.45) is 3.80. The predicted molar refractivity (Wildman–Crippen MR) is 89.6 cm³/mol. The maximum atomic E-state index is 11.7. The zero-order chi connectivity index (χ0) is 15.4. The fourth-order valence-electron chi connectivity index (χ4n) is 1.83. The molecule has 1 fully saturated rings. The van der Waals surface area contributed by atoms with E-state index in [1.54, 1.807) is 14.2 Å². The molecule has 0 aliphatic carbocycles. The third kappa shape index (κ3) is 3.65. The zero-order valence-electron chi connectivity index (χ0n) is 11.9. The van der Waals surface area contributed by atoms with E-state index in [-0.39, 0.29) is 5.91 Å². The summed E-state index contributed by atoms with van der Waals surface area (Å²) in [6, 6.07) is 5.63. The van der Waals surface area contributed by atoms with Crippen LogP contribution in [-0.4, -0.2) is 24.4 Å². The lowest BCUT2D eigenvalue weighted by molar-refractivity contribution is -0.115. The normalized spacial score (nSPS) is 17.1. The number of thioether (sulfide) groups is 1. The van der Waals surface area contributed by atoms with Crippen molar-refractivity contribution in [1.82, 2.24) is 5.32 Å². The summed E-state index contributed by atoms with van der Waals surface area (Å²) in [5.41, 5.74) is 1.82. The fourth-order valence-corrected chi connectivity index (χ4v) is 2.87. The molecule has 0 aromatic heterocycles. The molecule has 4 nitrogen and oxygen atoms in total. The lowest BCUT2D eigenvalue weighted by atomic mass is 10.1. The van der Waals surface area contributed by atoms with E-state index in [1.807, 2.05) is 37.3 Å². The van der Waals surface area contributed by atoms with Gasteiger partial charge >= 0.3 is 0 Å². The topological polar surface area (TPSA) is 47.6 Å². The minimum absolute atomic E-state index is 0.139. The smallest absolute Gasteiger partial charge is 0.263 e. The van der Waals surface area contributed by atoms with Gasteiger partial charge in [-0.2, -0.15) is 0 Å². The van der Waals surface area contributed by atoms with Crippen LogP contribution in [0.15, 0.2) is 34.8 Å². The molecule has 2 rings (SSSR count). The van der Waals surface area contributed by atoms with Crippen molar-refractivity contribution in [3.63, 3.8) is 0 Å². The van der Waals surface area contributed by atoms with Gasteiger partial charge in [-0.05, 0) is 30.2 Å². The Labute approximate surface area is 133 Å². The molecule has 0 bridgehead atoms. The second-order valence-electron chi connectivity index (χ2n) is 4.30. The van der Waals surface area contributed by atoms with Crippen molar-refractivity contribution in [2.45, 2.75) is 6.92 Å². The van der Waals surface area contributed by atoms with Gasteiger partial charge in [0.15, 0.2) is 11.5 Å². The molecular weight excluding hydrogens is 306 g/mol. The van der Waals surface area contributed by atoms with Gasteiger partial charge in [-0.25, -0.2) is 0 Å². The highest BCUT2D eigenvalue weighted by molar-refractivity contribution is 8.26. The molecular formula is C15H15NO3S2. The number of hydrogen-bond acceptors (Lipinski definition) is 5. The molecule has 1 N–H and O–H groups in total. The van der Waals surface area contributed by atoms with Gasteiger partial charge in [0.25, 0.3) is 5.91 Å². The van der Waals surface area contributed by atoms with Gasteiger partial charge in [0.05, 0.1) is 19.1 Å². The zero-order valence-corrected chi connectivity index (χ0v) is 13.6. The highest BCUT2D eigenvalue weighted by Crippen LogP contribution is 2.30. The van der Waals surface area contributed by atoms with E-state index in [9.17, 15) is 4.79 Å². The van der Waals surface area contributed by atoms with Gasteiger partial charge in [-0.15, -0.1) is 0 Å². The number of nitrogens with one attached hydrogen (secondary N) is 1. The highest BCUT2D eigenvalue weighted by Gasteiger charge is 2.23. The molecule has 1 aliphatic heterocycles. The number of amides is 1. The highest BCUT2D eigenvalue weighted by atomic mass is 32.2. The van der Waals surface area contributed by atoms with Crippen molar-refractivity contribution in [2.24, 2.45) is 0 Å². The molecule has 1 amide bonds. The first kappa shape index (κ1) is 15.6. The fraction of sp³-hybridized carbons (Fsp3) is 0.200. The number of carbonyl (C=O) groups excluding carboxylic acids is 1. The van der Waals surface area contributed by atoms with E-state index in [0.29, 0.717) is 20.7 Å². The average molecular weight is 321 g/mol. The van der Waals surface area contributed by atoms with Gasteiger partial charge in [0, 0.05) is 0 Å². The monoisotopic (exact) mass is 321 g/mol. The van der Waals surface area contributed by atoms with Crippen LogP contribution in [0, 0.1) is 0 Å². The van der Waals surface area contributed by atoms with Crippen molar-refractivity contribution in [3.05, 3.63) is 40.3 Å². The molecule has 0 atom stereocenters. The molecule has 1 aromatic carbocycles. The lowest BCUT2D eigenvalue weighted by Crippen LogP contribution is -2.18. The van der Waals surface area contributed by atoms with Crippen LogP contribution in [0.4, 0.5) is 0 Å². The van der Waals surface area contributed by atoms with E-state index >= 15 is 0 Å². The Morgan fingerprint density at radius 2 is 2.00 bits per heavy atom. The summed E-state index contributed by atoms with van der Waals surface area (Å²) < 4.78 is 10.9. The van der Waals surface area contributed by atoms with Gasteiger partial charge in [-0.3, -0.25) is 4.79 Å². The minimum atomic E-state index is -0.139. The van der Waals surface area contributed by atoms with Crippen molar-refractivity contribution < 1.29 is 14.3 Å². The molecule has 1 saturated heterocycles. The largest absolute Gasteiger partial charge is 0.493 e. The molecule has 0 unspecified atom stereocenters. The second kappa shape index (κ2) is 6.78. The number of rotatable bonds is 4. The number of hydrogen-bond donors (Lipinski definition) is 1. The Hall–Kier alpha value is -1.79. The molecule has 0 spiro atoms. The maximum absolute atomic E-state index is 11.7. The summed E-state index contributed by atoms with van der Waals surface area (Å²) >= 11 is 6.26. The van der Waals surface area contributed by atoms with Crippen molar-refractivity contribution in [3.8, 4) is 11.5 Å². The first-order chi connectivity index (χ1) is 10.0. The average Bonchev–Trinajstić information content (AvgIpc) is 2.83. The van der Waals surface area contributed by atoms with E-state index in [1.165, 1.54) is 11.8 Å². The van der Waals surface area contributed by atoms with Gasteiger partial charge < -0.3 is 14.8 Å². The number of benzene rings is 1. The molecule has 6 heteroatoms. The van der Waals surface area contributed by atoms with Gasteiger partial charge in [0.2, 0.25) is 0 Å². The van der Waals surface area contributed by atoms with Crippen LogP contribution < -0.4 is 14.8 Å². The molecule has 1 aliphatic rings.